The predicted octanol–water partition coefficient (Wildman–Crippen LogP) is 8.37. The maximum Gasteiger partial charge on any atom is 0.168 e. The van der Waals surface area contributed by atoms with Crippen molar-refractivity contribution in [1.29, 1.82) is 0 Å². The molecular formula is C33H33BrF3N5OS. The van der Waals surface area contributed by atoms with Gasteiger partial charge in [-0.3, -0.25) is 10.9 Å². The average molecular weight is 685 g/mol. The van der Waals surface area contributed by atoms with Crippen molar-refractivity contribution in [2.75, 3.05) is 17.3 Å². The van der Waals surface area contributed by atoms with Crippen LogP contribution in [-0.2, 0) is 6.54 Å². The van der Waals surface area contributed by atoms with E-state index in [9.17, 15) is 0 Å². The van der Waals surface area contributed by atoms with Gasteiger partial charge in [-0.1, -0.05) is 19.1 Å². The Hall–Kier alpha value is -3.83. The average Bonchev–Trinajstić information content (AvgIpc) is 3.69. The molecule has 0 saturated heterocycles. The predicted molar refractivity (Wildman–Crippen MR) is 176 cm³/mol. The van der Waals surface area contributed by atoms with Crippen LogP contribution in [0.25, 0.3) is 22.3 Å². The molecule has 0 amide bonds. The quantitative estimate of drug-likeness (QED) is 0.121. The lowest BCUT2D eigenvalue weighted by Gasteiger charge is -2.24. The van der Waals surface area contributed by atoms with Gasteiger partial charge in [0.25, 0.3) is 0 Å². The number of benzene rings is 3. The first-order valence-electron chi connectivity index (χ1n) is 14.5. The summed E-state index contributed by atoms with van der Waals surface area (Å²) in [5.41, 5.74) is 9.71. The zero-order chi connectivity index (χ0) is 30.8. The molecular weight excluding hydrogens is 651 g/mol. The number of halogens is 4. The first-order valence-corrected chi connectivity index (χ1v) is 17.2. The van der Waals surface area contributed by atoms with Crippen molar-refractivity contribution in [3.8, 4) is 22.9 Å². The zero-order valence-electron chi connectivity index (χ0n) is 24.1. The second kappa shape index (κ2) is 13.0. The highest BCUT2D eigenvalue weighted by Gasteiger charge is 2.24. The molecule has 1 aliphatic rings. The molecule has 3 heterocycles. The van der Waals surface area contributed by atoms with Crippen LogP contribution >= 0.6 is 26.8 Å². The van der Waals surface area contributed by atoms with Crippen LogP contribution in [0, 0.1) is 17.5 Å². The molecule has 0 aliphatic carbocycles. The van der Waals surface area contributed by atoms with Crippen LogP contribution in [0.2, 0.25) is 0 Å². The van der Waals surface area contributed by atoms with E-state index in [0.29, 0.717) is 45.3 Å². The van der Waals surface area contributed by atoms with E-state index in [1.807, 2.05) is 12.1 Å². The van der Waals surface area contributed by atoms with Gasteiger partial charge in [-0.2, -0.15) is 0 Å². The fraction of sp³-hybridized carbons (Fsp3) is 0.242. The monoisotopic (exact) mass is 683 g/mol. The standard InChI is InChI=1S/C33H33BrF3N5OS/c1-2-44-12-9-19(38)16-39-17-25-21-8-11-40-29(21)15-28(36)32(25)43-20-6-7-27(35)24(14-20)33-41-18-30(42-33)22(10-13-44)23-4-3-5-26(34)31(23)37/h3-8,11,14-16,18,22,39-40,44H,2,9-10,12-13,17,38H2,1H3,(H,41,42)/b19-16-. The highest BCUT2D eigenvalue weighted by molar-refractivity contribution is 9.10. The van der Waals surface area contributed by atoms with Crippen molar-refractivity contribution in [3.05, 3.63) is 112 Å². The van der Waals surface area contributed by atoms with E-state index < -0.39 is 22.5 Å². The number of rotatable bonds is 2. The van der Waals surface area contributed by atoms with Crippen LogP contribution < -0.4 is 15.8 Å². The smallest absolute Gasteiger partial charge is 0.168 e. The van der Waals surface area contributed by atoms with E-state index in [1.165, 1.54) is 24.3 Å². The number of H-pyrrole nitrogens is 2. The number of nitrogens with one attached hydrogen (secondary N) is 3. The number of nitrogens with two attached hydrogens (primary N) is 1. The number of aromatic amines is 2. The molecule has 2 atom stereocenters. The topological polar surface area (TPSA) is 91.8 Å². The maximum absolute atomic E-state index is 15.5. The Balaban J connectivity index is 1.46. The summed E-state index contributed by atoms with van der Waals surface area (Å²) in [7, 11) is -0.392. The number of thiol groups is 1. The third-order valence-electron chi connectivity index (χ3n) is 8.07. The van der Waals surface area contributed by atoms with Crippen molar-refractivity contribution in [2.45, 2.75) is 32.2 Å². The SMILES string of the molecule is CC[SH]1CC/C(N)=C/NCc2c(c(F)cc3[nH]ccc23)Oc2ccc(F)c(c2)-c2ncc([nH]2)C(c2cccc(Br)c2F)CC1. The first kappa shape index (κ1) is 30.2. The summed E-state index contributed by atoms with van der Waals surface area (Å²) < 4.78 is 52.6. The Kier molecular flexibility index (Phi) is 8.95. The number of nitrogens with zero attached hydrogens (tertiary/aromatic N) is 1. The summed E-state index contributed by atoms with van der Waals surface area (Å²) in [5.74, 6) is 1.64. The van der Waals surface area contributed by atoms with E-state index in [1.54, 1.807) is 30.7 Å². The van der Waals surface area contributed by atoms with Crippen LogP contribution in [0.15, 0.2) is 77.3 Å². The molecule has 6 nitrogen and oxygen atoms in total. The molecule has 230 valence electrons. The second-order valence-electron chi connectivity index (χ2n) is 10.8. The van der Waals surface area contributed by atoms with Crippen molar-refractivity contribution < 1.29 is 17.9 Å². The Bertz CT molecular complexity index is 1840. The van der Waals surface area contributed by atoms with Crippen LogP contribution in [0.3, 0.4) is 0 Å². The summed E-state index contributed by atoms with van der Waals surface area (Å²) in [6.45, 7) is 2.44. The third kappa shape index (κ3) is 6.21. The van der Waals surface area contributed by atoms with E-state index in [-0.39, 0.29) is 41.2 Å². The Morgan fingerprint density at radius 3 is 2.80 bits per heavy atom. The highest BCUT2D eigenvalue weighted by Crippen LogP contribution is 2.39. The van der Waals surface area contributed by atoms with Gasteiger partial charge in [-0.05, 0) is 81.9 Å². The molecule has 5 aromatic rings. The lowest BCUT2D eigenvalue weighted by atomic mass is 9.93. The van der Waals surface area contributed by atoms with Crippen molar-refractivity contribution in [2.24, 2.45) is 5.73 Å². The largest absolute Gasteiger partial charge is 0.454 e. The summed E-state index contributed by atoms with van der Waals surface area (Å²) in [4.78, 5) is 10.8. The maximum atomic E-state index is 15.5. The van der Waals surface area contributed by atoms with Gasteiger partial charge in [0.05, 0.1) is 10.0 Å². The second-order valence-corrected chi connectivity index (χ2v) is 14.5. The molecule has 6 rings (SSSR count). The molecule has 3 aromatic carbocycles. The molecule has 0 fully saturated rings. The zero-order valence-corrected chi connectivity index (χ0v) is 26.5. The molecule has 2 aromatic heterocycles. The number of hydrogen-bond acceptors (Lipinski definition) is 4. The highest BCUT2D eigenvalue weighted by atomic mass is 79.9. The van der Waals surface area contributed by atoms with Crippen LogP contribution in [0.5, 0.6) is 11.5 Å². The van der Waals surface area contributed by atoms with Gasteiger partial charge in [0.1, 0.15) is 23.2 Å². The van der Waals surface area contributed by atoms with Gasteiger partial charge < -0.3 is 25.8 Å². The molecule has 44 heavy (non-hydrogen) atoms. The summed E-state index contributed by atoms with van der Waals surface area (Å²) >= 11 is 3.33. The van der Waals surface area contributed by atoms with Crippen molar-refractivity contribution in [3.63, 3.8) is 0 Å². The van der Waals surface area contributed by atoms with Gasteiger partial charge in [-0.15, -0.1) is 0 Å². The van der Waals surface area contributed by atoms with Gasteiger partial charge in [0.15, 0.2) is 11.6 Å². The lowest BCUT2D eigenvalue weighted by molar-refractivity contribution is 0.436. The van der Waals surface area contributed by atoms with E-state index in [4.69, 9.17) is 10.5 Å². The number of fused-ring (bicyclic) bond motifs is 8. The van der Waals surface area contributed by atoms with E-state index in [2.05, 4.69) is 43.1 Å². The van der Waals surface area contributed by atoms with Crippen molar-refractivity contribution >= 4 is 37.7 Å². The first-order chi connectivity index (χ1) is 21.3. The Morgan fingerprint density at radius 1 is 1.09 bits per heavy atom. The molecule has 5 N–H and O–H groups in total. The minimum absolute atomic E-state index is 0.0341. The fourth-order valence-electron chi connectivity index (χ4n) is 5.68. The van der Waals surface area contributed by atoms with Crippen molar-refractivity contribution in [1.82, 2.24) is 20.3 Å². The molecule has 1 aliphatic heterocycles. The summed E-state index contributed by atoms with van der Waals surface area (Å²) in [5, 5.41) is 4.04. The van der Waals surface area contributed by atoms with Crippen LogP contribution in [0.4, 0.5) is 13.2 Å². The Morgan fingerprint density at radius 2 is 1.95 bits per heavy atom. The summed E-state index contributed by atoms with van der Waals surface area (Å²) in [6, 6.07) is 12.7. The normalized spacial score (nSPS) is 19.9. The number of imidazole rings is 1. The molecule has 0 spiro atoms. The molecule has 0 saturated carbocycles. The number of ether oxygens (including phenoxy) is 1. The lowest BCUT2D eigenvalue weighted by Crippen LogP contribution is -2.13. The van der Waals surface area contributed by atoms with Crippen LogP contribution in [-0.4, -0.2) is 32.2 Å². The van der Waals surface area contributed by atoms with Gasteiger partial charge in [-0.25, -0.2) is 18.2 Å². The van der Waals surface area contributed by atoms with Gasteiger partial charge >= 0.3 is 0 Å². The third-order valence-corrected chi connectivity index (χ3v) is 11.3. The minimum atomic E-state index is -0.557. The molecule has 0 radical (unpaired) electrons. The number of hydrogen-bond donors (Lipinski definition) is 5. The van der Waals surface area contributed by atoms with Crippen LogP contribution in [0.1, 0.15) is 42.5 Å². The summed E-state index contributed by atoms with van der Waals surface area (Å²) in [6.07, 6.45) is 6.54. The Labute approximate surface area is 264 Å². The number of aromatic nitrogens is 3. The number of allylic oxidation sites excluding steroid dienone is 1. The van der Waals surface area contributed by atoms with E-state index in [0.717, 1.165) is 22.6 Å². The molecule has 11 heteroatoms. The van der Waals surface area contributed by atoms with Gasteiger partial charge in [0, 0.05) is 65.0 Å². The van der Waals surface area contributed by atoms with Gasteiger partial charge in [0.2, 0.25) is 0 Å². The molecule has 2 unspecified atom stereocenters. The fourth-order valence-corrected chi connectivity index (χ4v) is 8.11. The molecule has 4 bridgehead atoms. The van der Waals surface area contributed by atoms with E-state index >= 15 is 13.2 Å². The minimum Gasteiger partial charge on any atom is -0.454 e.